The standard InChI is InChI=1S/C25H26BrN5O2/c26-21-22(17-8-10-25(33,11-9-17)12-13-32)30-24-19(15-29-31(24)23(21)27)18-6-7-20(28-14-18)16-4-2-1-3-5-16/h1-7,14-15,17,32-33H,8-13,27H2/t17-,25-. The monoisotopic (exact) mass is 507 g/mol. The highest BCUT2D eigenvalue weighted by Crippen LogP contribution is 2.42. The first-order chi connectivity index (χ1) is 16.0. The van der Waals surface area contributed by atoms with Gasteiger partial charge in [0, 0.05) is 35.4 Å². The highest BCUT2D eigenvalue weighted by molar-refractivity contribution is 9.10. The lowest BCUT2D eigenvalue weighted by atomic mass is 9.76. The van der Waals surface area contributed by atoms with Gasteiger partial charge in [-0.05, 0) is 54.1 Å². The highest BCUT2D eigenvalue weighted by Gasteiger charge is 2.35. The maximum absolute atomic E-state index is 10.7. The van der Waals surface area contributed by atoms with Crippen molar-refractivity contribution >= 4 is 27.4 Å². The van der Waals surface area contributed by atoms with E-state index in [1.807, 2.05) is 48.7 Å². The molecule has 170 valence electrons. The Morgan fingerprint density at radius 2 is 1.82 bits per heavy atom. The van der Waals surface area contributed by atoms with Gasteiger partial charge in [0.15, 0.2) is 5.65 Å². The summed E-state index contributed by atoms with van der Waals surface area (Å²) >= 11 is 3.63. The zero-order valence-electron chi connectivity index (χ0n) is 18.2. The van der Waals surface area contributed by atoms with Gasteiger partial charge in [-0.2, -0.15) is 9.61 Å². The Hall–Kier alpha value is -2.81. The SMILES string of the molecule is Nc1c(Br)c([C@H]2CC[C@@](O)(CCO)CC2)nc2c(-c3ccc(-c4ccccc4)nc3)cnn12. The predicted molar refractivity (Wildman–Crippen MR) is 132 cm³/mol. The summed E-state index contributed by atoms with van der Waals surface area (Å²) in [7, 11) is 0. The Kier molecular flexibility index (Phi) is 5.90. The van der Waals surface area contributed by atoms with Gasteiger partial charge >= 0.3 is 0 Å². The fraction of sp³-hybridized carbons (Fsp3) is 0.320. The van der Waals surface area contributed by atoms with Crippen LogP contribution in [0.15, 0.2) is 59.3 Å². The molecule has 8 heteroatoms. The molecule has 1 aliphatic rings. The summed E-state index contributed by atoms with van der Waals surface area (Å²) in [6.07, 6.45) is 6.86. The summed E-state index contributed by atoms with van der Waals surface area (Å²) < 4.78 is 2.40. The second-order valence-corrected chi connectivity index (χ2v) is 9.55. The van der Waals surface area contributed by atoms with E-state index in [9.17, 15) is 10.2 Å². The smallest absolute Gasteiger partial charge is 0.165 e. The molecule has 0 amide bonds. The van der Waals surface area contributed by atoms with Crippen LogP contribution in [0.2, 0.25) is 0 Å². The van der Waals surface area contributed by atoms with E-state index >= 15 is 0 Å². The second-order valence-electron chi connectivity index (χ2n) is 8.76. The van der Waals surface area contributed by atoms with Gasteiger partial charge in [-0.15, -0.1) is 0 Å². The van der Waals surface area contributed by atoms with E-state index < -0.39 is 5.60 Å². The van der Waals surface area contributed by atoms with E-state index in [2.05, 4.69) is 26.0 Å². The minimum atomic E-state index is -0.790. The Morgan fingerprint density at radius 1 is 1.06 bits per heavy atom. The molecule has 1 saturated carbocycles. The number of halogens is 1. The van der Waals surface area contributed by atoms with E-state index in [4.69, 9.17) is 10.7 Å². The normalized spacial score (nSPS) is 20.9. The summed E-state index contributed by atoms with van der Waals surface area (Å²) in [6.45, 7) is -0.00169. The molecule has 0 spiro atoms. The summed E-state index contributed by atoms with van der Waals surface area (Å²) in [5.74, 6) is 0.679. The van der Waals surface area contributed by atoms with E-state index in [1.54, 1.807) is 10.7 Å². The summed E-state index contributed by atoms with van der Waals surface area (Å²) in [4.78, 5) is 9.63. The zero-order valence-corrected chi connectivity index (χ0v) is 19.7. The number of nitrogens with zero attached hydrogens (tertiary/aromatic N) is 4. The number of hydrogen-bond donors (Lipinski definition) is 3. The van der Waals surface area contributed by atoms with E-state index in [0.717, 1.165) is 45.4 Å². The lowest BCUT2D eigenvalue weighted by molar-refractivity contribution is -0.0206. The van der Waals surface area contributed by atoms with Gasteiger partial charge in [-0.25, -0.2) is 4.98 Å². The number of fused-ring (bicyclic) bond motifs is 1. The first-order valence-electron chi connectivity index (χ1n) is 11.2. The first kappa shape index (κ1) is 22.0. The number of aromatic nitrogens is 4. The van der Waals surface area contributed by atoms with Crippen LogP contribution in [0, 0.1) is 0 Å². The van der Waals surface area contributed by atoms with Gasteiger partial charge < -0.3 is 15.9 Å². The van der Waals surface area contributed by atoms with Gasteiger partial charge in [0.25, 0.3) is 0 Å². The molecule has 33 heavy (non-hydrogen) atoms. The molecule has 7 nitrogen and oxygen atoms in total. The zero-order chi connectivity index (χ0) is 23.0. The summed E-state index contributed by atoms with van der Waals surface area (Å²) in [5.41, 5.74) is 11.0. The van der Waals surface area contributed by atoms with Crippen molar-refractivity contribution in [2.24, 2.45) is 0 Å². The number of anilines is 1. The third kappa shape index (κ3) is 4.14. The molecule has 1 aromatic carbocycles. The highest BCUT2D eigenvalue weighted by atomic mass is 79.9. The molecular weight excluding hydrogens is 482 g/mol. The first-order valence-corrected chi connectivity index (χ1v) is 12.0. The maximum Gasteiger partial charge on any atom is 0.165 e. The van der Waals surface area contributed by atoms with Crippen LogP contribution in [-0.2, 0) is 0 Å². The van der Waals surface area contributed by atoms with Crippen LogP contribution in [0.25, 0.3) is 28.0 Å². The Bertz CT molecular complexity index is 1270. The van der Waals surface area contributed by atoms with Crippen molar-refractivity contribution in [1.29, 1.82) is 0 Å². The fourth-order valence-electron chi connectivity index (χ4n) is 4.71. The molecule has 0 bridgehead atoms. The number of hydrogen-bond acceptors (Lipinski definition) is 6. The van der Waals surface area contributed by atoms with Crippen molar-refractivity contribution in [3.8, 4) is 22.4 Å². The van der Waals surface area contributed by atoms with E-state index in [-0.39, 0.29) is 12.5 Å². The minimum Gasteiger partial charge on any atom is -0.396 e. The lowest BCUT2D eigenvalue weighted by Crippen LogP contribution is -2.34. The van der Waals surface area contributed by atoms with Gasteiger partial charge in [0.1, 0.15) is 5.82 Å². The molecule has 0 radical (unpaired) electrons. The van der Waals surface area contributed by atoms with Crippen LogP contribution in [-0.4, -0.2) is 42.0 Å². The Morgan fingerprint density at radius 3 is 2.48 bits per heavy atom. The predicted octanol–water partition coefficient (Wildman–Crippen LogP) is 4.57. The average Bonchev–Trinajstić information content (AvgIpc) is 3.27. The van der Waals surface area contributed by atoms with E-state index in [0.29, 0.717) is 30.7 Å². The Labute approximate surface area is 200 Å². The fourth-order valence-corrected chi connectivity index (χ4v) is 5.29. The molecule has 0 saturated heterocycles. The van der Waals surface area contributed by atoms with Crippen LogP contribution in [0.3, 0.4) is 0 Å². The van der Waals surface area contributed by atoms with Crippen molar-refractivity contribution in [1.82, 2.24) is 19.6 Å². The van der Waals surface area contributed by atoms with Gasteiger partial charge in [0.05, 0.1) is 27.7 Å². The Balaban J connectivity index is 1.49. The largest absolute Gasteiger partial charge is 0.396 e. The number of rotatable bonds is 5. The molecule has 5 rings (SSSR count). The van der Waals surface area contributed by atoms with Gasteiger partial charge in [0.2, 0.25) is 0 Å². The van der Waals surface area contributed by atoms with Crippen molar-refractivity contribution < 1.29 is 10.2 Å². The lowest BCUT2D eigenvalue weighted by Gasteiger charge is -2.35. The molecule has 1 aliphatic carbocycles. The van der Waals surface area contributed by atoms with Crippen LogP contribution in [0.5, 0.6) is 0 Å². The topological polar surface area (TPSA) is 110 Å². The summed E-state index contributed by atoms with van der Waals surface area (Å²) in [5, 5.41) is 24.4. The van der Waals surface area contributed by atoms with Crippen LogP contribution in [0.1, 0.15) is 43.7 Å². The molecule has 4 aromatic rings. The average molecular weight is 508 g/mol. The molecular formula is C25H26BrN5O2. The molecule has 0 unspecified atom stereocenters. The van der Waals surface area contributed by atoms with Crippen LogP contribution >= 0.6 is 15.9 Å². The summed E-state index contributed by atoms with van der Waals surface area (Å²) in [6, 6.07) is 14.1. The van der Waals surface area contributed by atoms with Crippen molar-refractivity contribution in [2.45, 2.75) is 43.6 Å². The van der Waals surface area contributed by atoms with Gasteiger partial charge in [-0.1, -0.05) is 36.4 Å². The third-order valence-electron chi connectivity index (χ3n) is 6.67. The maximum atomic E-state index is 10.7. The van der Waals surface area contributed by atoms with Crippen LogP contribution < -0.4 is 5.73 Å². The third-order valence-corrected chi connectivity index (χ3v) is 7.48. The number of pyridine rings is 1. The van der Waals surface area contributed by atoms with E-state index in [1.165, 1.54) is 0 Å². The van der Waals surface area contributed by atoms with Crippen molar-refractivity contribution in [2.75, 3.05) is 12.3 Å². The molecule has 4 N–H and O–H groups in total. The minimum absolute atomic E-state index is 0.00169. The molecule has 1 fully saturated rings. The number of aliphatic hydroxyl groups is 2. The number of benzene rings is 1. The second kappa shape index (κ2) is 8.85. The molecule has 3 aromatic heterocycles. The number of nitrogens with two attached hydrogens (primary N) is 1. The molecule has 0 aliphatic heterocycles. The van der Waals surface area contributed by atoms with Crippen LogP contribution in [0.4, 0.5) is 5.82 Å². The van der Waals surface area contributed by atoms with Gasteiger partial charge in [-0.3, -0.25) is 4.98 Å². The quantitative estimate of drug-likeness (QED) is 0.364. The van der Waals surface area contributed by atoms with Crippen molar-refractivity contribution in [3.05, 3.63) is 65.0 Å². The van der Waals surface area contributed by atoms with Crippen molar-refractivity contribution in [3.63, 3.8) is 0 Å². The number of nitrogen functional groups attached to an aromatic ring is 1. The number of aliphatic hydroxyl groups excluding tert-OH is 1. The molecule has 0 atom stereocenters. The molecule has 3 heterocycles.